The van der Waals surface area contributed by atoms with Gasteiger partial charge in [0, 0.05) is 47.4 Å². The van der Waals surface area contributed by atoms with Crippen LogP contribution in [0.3, 0.4) is 0 Å². The van der Waals surface area contributed by atoms with Gasteiger partial charge in [0.15, 0.2) is 12.2 Å². The molecule has 1 fully saturated rings. The minimum absolute atomic E-state index is 0.199. The molecule has 1 amide bonds. The van der Waals surface area contributed by atoms with Gasteiger partial charge in [-0.3, -0.25) is 4.79 Å². The molecule has 57 heavy (non-hydrogen) atoms. The lowest BCUT2D eigenvalue weighted by atomic mass is 10.1. The highest BCUT2D eigenvalue weighted by Crippen LogP contribution is 2.36. The Morgan fingerprint density at radius 3 is 1.58 bits per heavy atom. The van der Waals surface area contributed by atoms with Crippen molar-refractivity contribution in [3.05, 3.63) is 141 Å². The Kier molecular flexibility index (Phi) is 12.3. The van der Waals surface area contributed by atoms with Crippen LogP contribution in [0.4, 0.5) is 26.3 Å². The van der Waals surface area contributed by atoms with Crippen molar-refractivity contribution in [2.75, 3.05) is 26.2 Å². The van der Waals surface area contributed by atoms with E-state index in [-0.39, 0.29) is 30.2 Å². The molecule has 6 rings (SSSR count). The molecule has 4 aromatic carbocycles. The SMILES string of the molecule is C[C@H](OC(=O)[C@H](Oc1cccc(C(F)(F)F)c1)c1ccc(Cl)cc1)C(=O)N1CCN(C2=C[C@@H]2OC(=O)[C@H](Oc2cccc(C(F)(F)F)c2)c2ccc(Cl)cc2)CC1. The molecule has 1 aliphatic carbocycles. The van der Waals surface area contributed by atoms with Crippen molar-refractivity contribution in [1.29, 1.82) is 0 Å². The lowest BCUT2D eigenvalue weighted by Gasteiger charge is -2.36. The van der Waals surface area contributed by atoms with E-state index in [1.54, 1.807) is 6.08 Å². The second-order valence-corrected chi connectivity index (χ2v) is 13.9. The minimum Gasteiger partial charge on any atom is -0.474 e. The summed E-state index contributed by atoms with van der Waals surface area (Å²) in [5, 5.41) is 0.704. The lowest BCUT2D eigenvalue weighted by molar-refractivity contribution is -0.165. The summed E-state index contributed by atoms with van der Waals surface area (Å²) < 4.78 is 103. The first kappa shape index (κ1) is 41.2. The molecule has 0 radical (unpaired) electrons. The Labute approximate surface area is 332 Å². The fourth-order valence-corrected chi connectivity index (χ4v) is 6.20. The highest BCUT2D eigenvalue weighted by atomic mass is 35.5. The van der Waals surface area contributed by atoms with Gasteiger partial charge in [0.1, 0.15) is 11.5 Å². The number of esters is 2. The van der Waals surface area contributed by atoms with Crippen LogP contribution in [0.25, 0.3) is 0 Å². The number of benzene rings is 4. The predicted molar refractivity (Wildman–Crippen MR) is 194 cm³/mol. The molecule has 2 aliphatic rings. The Hall–Kier alpha value is -5.41. The van der Waals surface area contributed by atoms with Crippen LogP contribution in [0, 0.1) is 0 Å². The maximum absolute atomic E-state index is 13.4. The average Bonchev–Trinajstić information content (AvgIpc) is 3.95. The minimum atomic E-state index is -4.66. The highest BCUT2D eigenvalue weighted by Gasteiger charge is 2.40. The summed E-state index contributed by atoms with van der Waals surface area (Å²) in [7, 11) is 0. The van der Waals surface area contributed by atoms with Gasteiger partial charge in [0.2, 0.25) is 12.2 Å². The van der Waals surface area contributed by atoms with Gasteiger partial charge in [0.05, 0.1) is 16.8 Å². The Morgan fingerprint density at radius 1 is 0.667 bits per heavy atom. The van der Waals surface area contributed by atoms with Gasteiger partial charge < -0.3 is 28.7 Å². The maximum atomic E-state index is 13.4. The molecule has 0 spiro atoms. The molecule has 0 bridgehead atoms. The predicted octanol–water partition coefficient (Wildman–Crippen LogP) is 8.86. The van der Waals surface area contributed by atoms with E-state index in [1.807, 2.05) is 4.90 Å². The van der Waals surface area contributed by atoms with Gasteiger partial charge >= 0.3 is 24.3 Å². The second kappa shape index (κ2) is 17.0. The van der Waals surface area contributed by atoms with E-state index in [2.05, 4.69) is 0 Å². The number of hydrogen-bond acceptors (Lipinski definition) is 8. The fraction of sp³-hybridized carbons (Fsp3) is 0.275. The molecule has 1 aliphatic heterocycles. The zero-order valence-electron chi connectivity index (χ0n) is 29.7. The van der Waals surface area contributed by atoms with E-state index in [0.717, 1.165) is 36.4 Å². The number of hydrogen-bond donors (Lipinski definition) is 0. The third-order valence-electron chi connectivity index (χ3n) is 8.95. The number of piperazine rings is 1. The molecule has 4 atom stereocenters. The van der Waals surface area contributed by atoms with Gasteiger partial charge in [-0.05, 0) is 73.7 Å². The van der Waals surface area contributed by atoms with E-state index in [9.17, 15) is 40.7 Å². The standard InChI is InChI=1S/C40H32Cl2F6N2O7/c1-23(54-37(52)34(24-8-12-28(41)13-9-24)55-30-6-2-4-26(20-30)39(43,44)45)36(51)50-18-16-49(17-19-50)32-22-33(32)57-38(53)35(25-10-14-29(42)15-11-25)56-31-7-3-5-27(21-31)40(46,47)48/h2-15,20-23,33-35H,16-19H2,1H3/t23-,33-,34+,35+/m0/s1. The number of alkyl halides is 6. The third kappa shape index (κ3) is 10.5. The number of nitrogens with zero attached hydrogens (tertiary/aromatic N) is 2. The molecule has 1 heterocycles. The van der Waals surface area contributed by atoms with E-state index in [4.69, 9.17) is 42.1 Å². The molecule has 1 saturated heterocycles. The molecule has 17 heteroatoms. The fourth-order valence-electron chi connectivity index (χ4n) is 5.95. The Balaban J connectivity index is 1.04. The number of rotatable bonds is 12. The number of carbonyl (C=O) groups excluding carboxylic acids is 3. The third-order valence-corrected chi connectivity index (χ3v) is 9.45. The summed E-state index contributed by atoms with van der Waals surface area (Å²) in [6, 6.07) is 20.0. The lowest BCUT2D eigenvalue weighted by Crippen LogP contribution is -2.51. The first-order valence-electron chi connectivity index (χ1n) is 17.3. The maximum Gasteiger partial charge on any atom is 0.416 e. The summed E-state index contributed by atoms with van der Waals surface area (Å²) in [6.45, 7) is 2.41. The van der Waals surface area contributed by atoms with E-state index < -0.39 is 65.7 Å². The van der Waals surface area contributed by atoms with Gasteiger partial charge in [-0.25, -0.2) is 9.59 Å². The van der Waals surface area contributed by atoms with Crippen LogP contribution < -0.4 is 9.47 Å². The van der Waals surface area contributed by atoms with Crippen molar-refractivity contribution >= 4 is 41.0 Å². The summed E-state index contributed by atoms with van der Waals surface area (Å²) >= 11 is 12.0. The summed E-state index contributed by atoms with van der Waals surface area (Å²) in [6.07, 6.45) is -12.6. The van der Waals surface area contributed by atoms with Crippen LogP contribution in [0.5, 0.6) is 11.5 Å². The van der Waals surface area contributed by atoms with E-state index >= 15 is 0 Å². The van der Waals surface area contributed by atoms with E-state index in [1.165, 1.54) is 72.5 Å². The molecule has 300 valence electrons. The number of ether oxygens (including phenoxy) is 4. The molecule has 9 nitrogen and oxygen atoms in total. The molecular weight excluding hydrogens is 805 g/mol. The summed E-state index contributed by atoms with van der Waals surface area (Å²) in [5.74, 6) is -2.85. The number of halogens is 8. The Bertz CT molecular complexity index is 2120. The van der Waals surface area contributed by atoms with Crippen LogP contribution in [0.2, 0.25) is 10.0 Å². The molecule has 0 saturated carbocycles. The zero-order valence-corrected chi connectivity index (χ0v) is 31.2. The Morgan fingerprint density at radius 2 is 1.12 bits per heavy atom. The van der Waals surface area contributed by atoms with Crippen molar-refractivity contribution in [3.8, 4) is 11.5 Å². The van der Waals surface area contributed by atoms with E-state index in [0.29, 0.717) is 34.4 Å². The molecular formula is C40H32Cl2F6N2O7. The molecule has 0 N–H and O–H groups in total. The normalized spacial score (nSPS) is 17.1. The van der Waals surface area contributed by atoms with Crippen molar-refractivity contribution < 1.29 is 59.7 Å². The van der Waals surface area contributed by atoms with Crippen LogP contribution >= 0.6 is 23.2 Å². The van der Waals surface area contributed by atoms with Gasteiger partial charge in [0.25, 0.3) is 5.91 Å². The molecule has 0 aromatic heterocycles. The van der Waals surface area contributed by atoms with Gasteiger partial charge in [-0.2, -0.15) is 26.3 Å². The quantitative estimate of drug-likeness (QED) is 0.103. The van der Waals surface area contributed by atoms with Crippen LogP contribution in [-0.2, 0) is 36.2 Å². The largest absolute Gasteiger partial charge is 0.474 e. The zero-order chi connectivity index (χ0) is 41.1. The average molecular weight is 838 g/mol. The monoisotopic (exact) mass is 836 g/mol. The summed E-state index contributed by atoms with van der Waals surface area (Å²) in [5.41, 5.74) is -0.758. The second-order valence-electron chi connectivity index (χ2n) is 13.0. The van der Waals surface area contributed by atoms with Gasteiger partial charge in [-0.1, -0.05) is 59.6 Å². The topological polar surface area (TPSA) is 94.6 Å². The summed E-state index contributed by atoms with van der Waals surface area (Å²) in [4.78, 5) is 43.6. The van der Waals surface area contributed by atoms with Gasteiger partial charge in [-0.15, -0.1) is 0 Å². The number of amides is 1. The first-order valence-corrected chi connectivity index (χ1v) is 18.1. The molecule has 0 unspecified atom stereocenters. The van der Waals surface area contributed by atoms with Crippen LogP contribution in [0.15, 0.2) is 109 Å². The van der Waals surface area contributed by atoms with Crippen molar-refractivity contribution in [1.82, 2.24) is 9.80 Å². The smallest absolute Gasteiger partial charge is 0.416 e. The van der Waals surface area contributed by atoms with Crippen molar-refractivity contribution in [2.45, 2.75) is 43.7 Å². The number of carbonyl (C=O) groups is 3. The van der Waals surface area contributed by atoms with Crippen molar-refractivity contribution in [3.63, 3.8) is 0 Å². The van der Waals surface area contributed by atoms with Crippen LogP contribution in [0.1, 0.15) is 41.4 Å². The highest BCUT2D eigenvalue weighted by molar-refractivity contribution is 6.30. The van der Waals surface area contributed by atoms with Crippen molar-refractivity contribution in [2.24, 2.45) is 0 Å². The van der Waals surface area contributed by atoms with Crippen LogP contribution in [-0.4, -0.2) is 66.0 Å². The molecule has 4 aromatic rings. The first-order chi connectivity index (χ1) is 27.0.